The third-order valence-electron chi connectivity index (χ3n) is 3.04. The highest BCUT2D eigenvalue weighted by Crippen LogP contribution is 2.27. The molecular weight excluding hydrogens is 312 g/mol. The van der Waals surface area contributed by atoms with Crippen LogP contribution < -0.4 is 10.0 Å². The second-order valence-electron chi connectivity index (χ2n) is 6.46. The average molecular weight is 338 g/mol. The number of carbonyl (C=O) groups excluding carboxylic acids is 1. The van der Waals surface area contributed by atoms with Crippen LogP contribution in [-0.4, -0.2) is 49.5 Å². The molecule has 1 atom stereocenters. The minimum atomic E-state index is -3.30. The maximum atomic E-state index is 12.1. The Morgan fingerprint density at radius 1 is 1.38 bits per heavy atom. The lowest BCUT2D eigenvalue weighted by Crippen LogP contribution is -2.54. The first-order valence-corrected chi connectivity index (χ1v) is 9.97. The van der Waals surface area contributed by atoms with Crippen LogP contribution in [0.1, 0.15) is 40.5 Å². The molecule has 0 radical (unpaired) electrons. The molecule has 1 saturated carbocycles. The van der Waals surface area contributed by atoms with Gasteiger partial charge in [-0.2, -0.15) is 11.8 Å². The van der Waals surface area contributed by atoms with Gasteiger partial charge in [-0.05, 0) is 46.8 Å². The molecule has 8 heteroatoms. The van der Waals surface area contributed by atoms with Crippen LogP contribution in [0.3, 0.4) is 0 Å². The molecule has 0 saturated heterocycles. The fourth-order valence-corrected chi connectivity index (χ4v) is 4.57. The summed E-state index contributed by atoms with van der Waals surface area (Å²) in [5.41, 5.74) is -0.548. The van der Waals surface area contributed by atoms with Gasteiger partial charge in [0, 0.05) is 17.8 Å². The summed E-state index contributed by atoms with van der Waals surface area (Å²) in [5, 5.41) is 2.27. The molecule has 0 aliphatic heterocycles. The van der Waals surface area contributed by atoms with Gasteiger partial charge in [-0.25, -0.2) is 17.9 Å². The number of sulfonamides is 1. The van der Waals surface area contributed by atoms with E-state index in [-0.39, 0.29) is 12.1 Å². The summed E-state index contributed by atoms with van der Waals surface area (Å²) in [6, 6.07) is -0.208. The summed E-state index contributed by atoms with van der Waals surface area (Å²) in [6.45, 7) is 7.22. The zero-order valence-electron chi connectivity index (χ0n) is 13.3. The topological polar surface area (TPSA) is 84.5 Å². The van der Waals surface area contributed by atoms with Crippen molar-refractivity contribution < 1.29 is 17.9 Å². The number of alkyl carbamates (subject to hydrolysis) is 1. The maximum Gasteiger partial charge on any atom is 0.407 e. The van der Waals surface area contributed by atoms with Gasteiger partial charge in [0.1, 0.15) is 5.60 Å². The molecule has 0 aromatic heterocycles. The molecule has 1 amide bonds. The number of rotatable bonds is 6. The van der Waals surface area contributed by atoms with E-state index in [0.29, 0.717) is 12.8 Å². The highest BCUT2D eigenvalue weighted by atomic mass is 32.2. The Labute approximate surface area is 131 Å². The SMILES string of the molecule is CSCC(C)NS(=O)(=O)C1CC(NC(=O)OC(C)(C)C)C1. The fraction of sp³-hybridized carbons (Fsp3) is 0.923. The summed E-state index contributed by atoms with van der Waals surface area (Å²) in [6.07, 6.45) is 2.31. The van der Waals surface area contributed by atoms with Gasteiger partial charge in [0.25, 0.3) is 0 Å². The Bertz CT molecular complexity index is 453. The number of hydrogen-bond donors (Lipinski definition) is 2. The smallest absolute Gasteiger partial charge is 0.407 e. The highest BCUT2D eigenvalue weighted by Gasteiger charge is 2.40. The van der Waals surface area contributed by atoms with E-state index in [1.807, 2.05) is 13.2 Å². The Hall–Kier alpha value is -0.470. The zero-order chi connectivity index (χ0) is 16.3. The van der Waals surface area contributed by atoms with E-state index in [1.165, 1.54) is 0 Å². The van der Waals surface area contributed by atoms with Gasteiger partial charge in [-0.15, -0.1) is 0 Å². The lowest BCUT2D eigenvalue weighted by atomic mass is 9.92. The van der Waals surface area contributed by atoms with Crippen LogP contribution in [0.25, 0.3) is 0 Å². The van der Waals surface area contributed by atoms with Crippen molar-refractivity contribution in [2.75, 3.05) is 12.0 Å². The van der Waals surface area contributed by atoms with E-state index < -0.39 is 27.0 Å². The first-order chi connectivity index (χ1) is 9.53. The molecule has 1 aliphatic rings. The molecule has 1 aliphatic carbocycles. The van der Waals surface area contributed by atoms with Gasteiger partial charge in [-0.3, -0.25) is 0 Å². The van der Waals surface area contributed by atoms with Crippen molar-refractivity contribution in [2.24, 2.45) is 0 Å². The second kappa shape index (κ2) is 7.19. The van der Waals surface area contributed by atoms with Crippen molar-refractivity contribution in [2.45, 2.75) is 63.5 Å². The fourth-order valence-electron chi connectivity index (χ4n) is 2.07. The lowest BCUT2D eigenvalue weighted by Gasteiger charge is -2.36. The van der Waals surface area contributed by atoms with Gasteiger partial charge < -0.3 is 10.1 Å². The van der Waals surface area contributed by atoms with E-state index in [9.17, 15) is 13.2 Å². The highest BCUT2D eigenvalue weighted by molar-refractivity contribution is 7.98. The molecular formula is C13H26N2O4S2. The van der Waals surface area contributed by atoms with Gasteiger partial charge in [-0.1, -0.05) is 0 Å². The van der Waals surface area contributed by atoms with Crippen LogP contribution in [0.4, 0.5) is 4.79 Å². The molecule has 2 N–H and O–H groups in total. The summed E-state index contributed by atoms with van der Waals surface area (Å²) < 4.78 is 32.0. The molecule has 21 heavy (non-hydrogen) atoms. The molecule has 1 unspecified atom stereocenters. The van der Waals surface area contributed by atoms with E-state index in [4.69, 9.17) is 4.74 Å². The number of hydrogen-bond acceptors (Lipinski definition) is 5. The number of carbonyl (C=O) groups is 1. The molecule has 0 bridgehead atoms. The Morgan fingerprint density at radius 3 is 2.43 bits per heavy atom. The van der Waals surface area contributed by atoms with Crippen molar-refractivity contribution in [3.63, 3.8) is 0 Å². The molecule has 1 fully saturated rings. The molecule has 0 spiro atoms. The van der Waals surface area contributed by atoms with Crippen LogP contribution in [0.2, 0.25) is 0 Å². The van der Waals surface area contributed by atoms with E-state index in [1.54, 1.807) is 32.5 Å². The molecule has 1 rings (SSSR count). The van der Waals surface area contributed by atoms with Gasteiger partial charge in [0.2, 0.25) is 10.0 Å². The van der Waals surface area contributed by atoms with Crippen LogP contribution >= 0.6 is 11.8 Å². The predicted molar refractivity (Wildman–Crippen MR) is 86.1 cm³/mol. The van der Waals surface area contributed by atoms with Gasteiger partial charge in [0.05, 0.1) is 5.25 Å². The first kappa shape index (κ1) is 18.6. The van der Waals surface area contributed by atoms with Crippen molar-refractivity contribution >= 4 is 27.9 Å². The van der Waals surface area contributed by atoms with E-state index in [2.05, 4.69) is 10.0 Å². The Balaban J connectivity index is 2.37. The summed E-state index contributed by atoms with van der Waals surface area (Å²) in [7, 11) is -3.30. The molecule has 0 heterocycles. The quantitative estimate of drug-likeness (QED) is 0.770. The predicted octanol–water partition coefficient (Wildman–Crippen LogP) is 1.71. The zero-order valence-corrected chi connectivity index (χ0v) is 14.9. The normalized spacial score (nSPS) is 24.0. The minimum Gasteiger partial charge on any atom is -0.444 e. The van der Waals surface area contributed by atoms with Crippen molar-refractivity contribution in [3.05, 3.63) is 0 Å². The summed E-state index contributed by atoms with van der Waals surface area (Å²) >= 11 is 1.60. The largest absolute Gasteiger partial charge is 0.444 e. The Kier molecular flexibility index (Phi) is 6.36. The van der Waals surface area contributed by atoms with Gasteiger partial charge >= 0.3 is 6.09 Å². The third-order valence-corrected chi connectivity index (χ3v) is 5.86. The van der Waals surface area contributed by atoms with Crippen molar-refractivity contribution in [3.8, 4) is 0 Å². The minimum absolute atomic E-state index is 0.0807. The van der Waals surface area contributed by atoms with Gasteiger partial charge in [0.15, 0.2) is 0 Å². The molecule has 6 nitrogen and oxygen atoms in total. The van der Waals surface area contributed by atoms with Crippen LogP contribution in [0, 0.1) is 0 Å². The number of amides is 1. The van der Waals surface area contributed by atoms with Crippen LogP contribution in [-0.2, 0) is 14.8 Å². The van der Waals surface area contributed by atoms with Crippen molar-refractivity contribution in [1.82, 2.24) is 10.0 Å². The van der Waals surface area contributed by atoms with Crippen LogP contribution in [0.15, 0.2) is 0 Å². The number of nitrogens with one attached hydrogen (secondary N) is 2. The number of ether oxygens (including phenoxy) is 1. The number of thioether (sulfide) groups is 1. The lowest BCUT2D eigenvalue weighted by molar-refractivity contribution is 0.0480. The third kappa shape index (κ3) is 6.44. The average Bonchev–Trinajstić information content (AvgIpc) is 2.19. The summed E-state index contributed by atoms with van der Waals surface area (Å²) in [5.74, 6) is 0.742. The molecule has 124 valence electrons. The Morgan fingerprint density at radius 2 is 1.95 bits per heavy atom. The van der Waals surface area contributed by atoms with Crippen LogP contribution in [0.5, 0.6) is 0 Å². The maximum absolute atomic E-state index is 12.1. The molecule has 0 aromatic rings. The van der Waals surface area contributed by atoms with E-state index >= 15 is 0 Å². The summed E-state index contributed by atoms with van der Waals surface area (Å²) in [4.78, 5) is 11.6. The molecule has 0 aromatic carbocycles. The second-order valence-corrected chi connectivity index (χ2v) is 9.36. The van der Waals surface area contributed by atoms with E-state index in [0.717, 1.165) is 5.75 Å². The first-order valence-electron chi connectivity index (χ1n) is 7.03. The standard InChI is InChI=1S/C13H26N2O4S2/c1-9(8-20-5)15-21(17,18)11-6-10(7-11)14-12(16)19-13(2,3)4/h9-11,15H,6-8H2,1-5H3,(H,14,16). The monoisotopic (exact) mass is 338 g/mol. The van der Waals surface area contributed by atoms with Crippen molar-refractivity contribution in [1.29, 1.82) is 0 Å².